The Bertz CT molecular complexity index is 451. The summed E-state index contributed by atoms with van der Waals surface area (Å²) in [6.07, 6.45) is 0. The summed E-state index contributed by atoms with van der Waals surface area (Å²) in [6, 6.07) is 10.2. The van der Waals surface area contributed by atoms with Crippen LogP contribution in [-0.4, -0.2) is 10.1 Å². The highest BCUT2D eigenvalue weighted by Crippen LogP contribution is 2.29. The van der Waals surface area contributed by atoms with E-state index < -0.39 is 0 Å². The first-order valence-electron chi connectivity index (χ1n) is 4.66. The van der Waals surface area contributed by atoms with Gasteiger partial charge in [-0.25, -0.2) is 0 Å². The van der Waals surface area contributed by atoms with Crippen molar-refractivity contribution in [2.75, 3.05) is 0 Å². The maximum atomic E-state index is 5.21. The van der Waals surface area contributed by atoms with Gasteiger partial charge in [0.2, 0.25) is 9.72 Å². The second-order valence-electron chi connectivity index (χ2n) is 3.86. The van der Waals surface area contributed by atoms with Crippen molar-refractivity contribution in [3.05, 3.63) is 45.6 Å². The van der Waals surface area contributed by atoms with Crippen LogP contribution in [0.1, 0.15) is 25.3 Å². The lowest BCUT2D eigenvalue weighted by molar-refractivity contribution is 0.330. The van der Waals surface area contributed by atoms with Gasteiger partial charge in [-0.1, -0.05) is 35.5 Å². The fourth-order valence-corrected chi connectivity index (χ4v) is 1.76. The zero-order valence-electron chi connectivity index (χ0n) is 8.57. The van der Waals surface area contributed by atoms with Crippen molar-refractivity contribution in [2.24, 2.45) is 0 Å². The molecular weight excluding hydrogens is 303 g/mol. The number of benzene rings is 1. The predicted octanol–water partition coefficient (Wildman–Crippen LogP) is 3.00. The lowest BCUT2D eigenvalue weighted by atomic mass is 9.85. The Balaban J connectivity index is 2.43. The molecule has 2 aromatic rings. The van der Waals surface area contributed by atoms with Gasteiger partial charge in [0.1, 0.15) is 0 Å². The maximum absolute atomic E-state index is 5.21. The van der Waals surface area contributed by atoms with Crippen LogP contribution in [0.5, 0.6) is 0 Å². The molecule has 3 nitrogen and oxygen atoms in total. The standard InChI is InChI=1S/C11H11IN2O/c1-11(2,8-6-4-3-5-7-8)9-13-10(12)14-15-9/h3-7H,1-2H3. The summed E-state index contributed by atoms with van der Waals surface area (Å²) in [5.74, 6) is 0.651. The first-order chi connectivity index (χ1) is 7.10. The van der Waals surface area contributed by atoms with Crippen molar-refractivity contribution in [3.8, 4) is 0 Å². The third-order valence-electron chi connectivity index (χ3n) is 2.43. The molecule has 0 atom stereocenters. The molecule has 1 aromatic heterocycles. The van der Waals surface area contributed by atoms with Gasteiger partial charge in [0, 0.05) is 22.6 Å². The number of nitrogens with zero attached hydrogens (tertiary/aromatic N) is 2. The van der Waals surface area contributed by atoms with Crippen molar-refractivity contribution >= 4 is 22.6 Å². The van der Waals surface area contributed by atoms with Gasteiger partial charge in [-0.05, 0) is 19.4 Å². The van der Waals surface area contributed by atoms with Crippen LogP contribution in [0.15, 0.2) is 34.9 Å². The Labute approximate surface area is 102 Å². The van der Waals surface area contributed by atoms with Crippen molar-refractivity contribution in [1.29, 1.82) is 0 Å². The van der Waals surface area contributed by atoms with Crippen molar-refractivity contribution < 1.29 is 4.52 Å². The molecule has 0 unspecified atom stereocenters. The normalized spacial score (nSPS) is 11.7. The summed E-state index contributed by atoms with van der Waals surface area (Å²) in [5, 5.41) is 3.81. The first kappa shape index (κ1) is 10.6. The molecule has 0 fully saturated rings. The summed E-state index contributed by atoms with van der Waals surface area (Å²) in [4.78, 5) is 4.27. The van der Waals surface area contributed by atoms with Crippen LogP contribution in [-0.2, 0) is 5.41 Å². The lowest BCUT2D eigenvalue weighted by Crippen LogP contribution is -2.19. The topological polar surface area (TPSA) is 38.9 Å². The van der Waals surface area contributed by atoms with E-state index in [1.807, 2.05) is 40.8 Å². The summed E-state index contributed by atoms with van der Waals surface area (Å²) in [5.41, 5.74) is 0.933. The highest BCUT2D eigenvalue weighted by atomic mass is 127. The van der Waals surface area contributed by atoms with E-state index in [-0.39, 0.29) is 5.41 Å². The molecule has 0 radical (unpaired) electrons. The van der Waals surface area contributed by atoms with Crippen LogP contribution >= 0.6 is 22.6 Å². The Morgan fingerprint density at radius 2 is 1.87 bits per heavy atom. The molecule has 78 valence electrons. The van der Waals surface area contributed by atoms with Crippen LogP contribution in [0.4, 0.5) is 0 Å². The molecule has 0 aliphatic rings. The molecule has 0 aliphatic carbocycles. The van der Waals surface area contributed by atoms with Crippen LogP contribution in [0.25, 0.3) is 0 Å². The fraction of sp³-hybridized carbons (Fsp3) is 0.273. The van der Waals surface area contributed by atoms with Gasteiger partial charge in [0.05, 0.1) is 5.41 Å². The molecule has 0 spiro atoms. The highest BCUT2D eigenvalue weighted by molar-refractivity contribution is 14.1. The molecule has 0 saturated carbocycles. The van der Waals surface area contributed by atoms with Crippen molar-refractivity contribution in [2.45, 2.75) is 19.3 Å². The monoisotopic (exact) mass is 314 g/mol. The number of aromatic nitrogens is 2. The van der Waals surface area contributed by atoms with E-state index in [0.717, 1.165) is 0 Å². The highest BCUT2D eigenvalue weighted by Gasteiger charge is 2.29. The first-order valence-corrected chi connectivity index (χ1v) is 5.74. The summed E-state index contributed by atoms with van der Waals surface area (Å²) in [7, 11) is 0. The molecule has 1 heterocycles. The summed E-state index contributed by atoms with van der Waals surface area (Å²) in [6.45, 7) is 4.15. The second-order valence-corrected chi connectivity index (χ2v) is 4.82. The van der Waals surface area contributed by atoms with Gasteiger partial charge in [0.15, 0.2) is 0 Å². The lowest BCUT2D eigenvalue weighted by Gasteiger charge is -2.19. The molecule has 4 heteroatoms. The zero-order valence-corrected chi connectivity index (χ0v) is 10.7. The zero-order chi connectivity index (χ0) is 10.9. The Kier molecular flexibility index (Phi) is 2.77. The number of halogens is 1. The molecule has 0 aliphatic heterocycles. The van der Waals surface area contributed by atoms with Gasteiger partial charge < -0.3 is 4.52 Å². The van der Waals surface area contributed by atoms with E-state index in [4.69, 9.17) is 4.52 Å². The maximum Gasteiger partial charge on any atom is 0.237 e. The van der Waals surface area contributed by atoms with E-state index in [2.05, 4.69) is 36.1 Å². The predicted molar refractivity (Wildman–Crippen MR) is 65.6 cm³/mol. The average Bonchev–Trinajstić information content (AvgIpc) is 2.67. The smallest absolute Gasteiger partial charge is 0.237 e. The minimum Gasteiger partial charge on any atom is -0.338 e. The Morgan fingerprint density at radius 1 is 1.20 bits per heavy atom. The fourth-order valence-electron chi connectivity index (χ4n) is 1.44. The summed E-state index contributed by atoms with van der Waals surface area (Å²) >= 11 is 2.04. The van der Waals surface area contributed by atoms with Crippen LogP contribution in [0.3, 0.4) is 0 Å². The third kappa shape index (κ3) is 2.04. The van der Waals surface area contributed by atoms with E-state index in [1.54, 1.807) is 0 Å². The van der Waals surface area contributed by atoms with E-state index >= 15 is 0 Å². The summed E-state index contributed by atoms with van der Waals surface area (Å²) < 4.78 is 5.86. The Hall–Kier alpha value is -0.910. The van der Waals surface area contributed by atoms with Crippen LogP contribution in [0.2, 0.25) is 0 Å². The van der Waals surface area contributed by atoms with Crippen LogP contribution in [0, 0.1) is 3.83 Å². The molecule has 0 bridgehead atoms. The largest absolute Gasteiger partial charge is 0.338 e. The van der Waals surface area contributed by atoms with Gasteiger partial charge in [-0.3, -0.25) is 0 Å². The number of hydrogen-bond donors (Lipinski definition) is 0. The molecule has 0 amide bonds. The minimum atomic E-state index is -0.238. The Morgan fingerprint density at radius 3 is 2.40 bits per heavy atom. The molecule has 1 aromatic carbocycles. The third-order valence-corrected chi connectivity index (χ3v) is 2.87. The molecule has 15 heavy (non-hydrogen) atoms. The SMILES string of the molecule is CC(C)(c1ccccc1)c1nc(I)no1. The average molecular weight is 314 g/mol. The van der Waals surface area contributed by atoms with E-state index in [1.165, 1.54) is 5.56 Å². The second kappa shape index (κ2) is 3.92. The minimum absolute atomic E-state index is 0.238. The van der Waals surface area contributed by atoms with Crippen molar-refractivity contribution in [1.82, 2.24) is 10.1 Å². The number of rotatable bonds is 2. The van der Waals surface area contributed by atoms with Gasteiger partial charge >= 0.3 is 0 Å². The van der Waals surface area contributed by atoms with E-state index in [9.17, 15) is 0 Å². The molecular formula is C11H11IN2O. The molecule has 2 rings (SSSR count). The number of hydrogen-bond acceptors (Lipinski definition) is 3. The van der Waals surface area contributed by atoms with Crippen molar-refractivity contribution in [3.63, 3.8) is 0 Å². The van der Waals surface area contributed by atoms with Gasteiger partial charge in [0.25, 0.3) is 0 Å². The molecule has 0 saturated heterocycles. The molecule has 0 N–H and O–H groups in total. The quantitative estimate of drug-likeness (QED) is 0.800. The van der Waals surface area contributed by atoms with E-state index in [0.29, 0.717) is 9.72 Å². The van der Waals surface area contributed by atoms with Crippen LogP contribution < -0.4 is 0 Å². The van der Waals surface area contributed by atoms with Gasteiger partial charge in [-0.15, -0.1) is 0 Å². The van der Waals surface area contributed by atoms with Gasteiger partial charge in [-0.2, -0.15) is 4.98 Å².